The minimum Gasteiger partial charge on any atom is -0.481 e. The van der Waals surface area contributed by atoms with Gasteiger partial charge in [0.25, 0.3) is 0 Å². The molecule has 3 atom stereocenters. The molecule has 0 aromatic heterocycles. The number of carbonyl (C=O) groups is 3. The van der Waals surface area contributed by atoms with Crippen LogP contribution in [0.25, 0.3) is 0 Å². The van der Waals surface area contributed by atoms with Crippen LogP contribution >= 0.6 is 0 Å². The van der Waals surface area contributed by atoms with Crippen molar-refractivity contribution in [3.63, 3.8) is 0 Å². The first-order valence-electron chi connectivity index (χ1n) is 15.2. The Hall–Kier alpha value is -1.89. The zero-order chi connectivity index (χ0) is 28.8. The van der Waals surface area contributed by atoms with Crippen LogP contribution in [-0.4, -0.2) is 63.9 Å². The van der Waals surface area contributed by atoms with E-state index in [-0.39, 0.29) is 24.1 Å². The fraction of sp³-hybridized carbons (Fsp3) is 0.839. The third-order valence-electron chi connectivity index (χ3n) is 7.64. The Labute approximate surface area is 232 Å². The van der Waals surface area contributed by atoms with Crippen molar-refractivity contribution in [3.05, 3.63) is 12.2 Å². The highest BCUT2D eigenvalue weighted by Crippen LogP contribution is 2.22. The summed E-state index contributed by atoms with van der Waals surface area (Å²) in [5.74, 6) is -4.84. The lowest BCUT2D eigenvalue weighted by Crippen LogP contribution is -2.57. The van der Waals surface area contributed by atoms with E-state index in [1.807, 2.05) is 0 Å². The van der Waals surface area contributed by atoms with Gasteiger partial charge in [-0.05, 0) is 59.3 Å². The van der Waals surface area contributed by atoms with E-state index in [9.17, 15) is 29.7 Å². The quantitative estimate of drug-likeness (QED) is 0.0599. The Morgan fingerprint density at radius 2 is 0.868 bits per heavy atom. The molecule has 7 nitrogen and oxygen atoms in total. The first kappa shape index (κ1) is 36.1. The number of carboxylic acid groups (broad SMARTS) is 3. The van der Waals surface area contributed by atoms with E-state index in [0.29, 0.717) is 6.54 Å². The number of hydrogen-bond donors (Lipinski definition) is 3. The number of carboxylic acids is 3. The van der Waals surface area contributed by atoms with Crippen molar-refractivity contribution in [1.29, 1.82) is 0 Å². The van der Waals surface area contributed by atoms with Crippen LogP contribution in [0.2, 0.25) is 0 Å². The lowest BCUT2D eigenvalue weighted by atomic mass is 10.0. The van der Waals surface area contributed by atoms with Crippen molar-refractivity contribution in [2.24, 2.45) is 17.8 Å². The maximum absolute atomic E-state index is 11.6. The van der Waals surface area contributed by atoms with Gasteiger partial charge in [0, 0.05) is 0 Å². The van der Waals surface area contributed by atoms with Gasteiger partial charge in [-0.25, -0.2) is 0 Å². The molecule has 3 N–H and O–H groups in total. The molecule has 0 bridgehead atoms. The summed E-state index contributed by atoms with van der Waals surface area (Å²) >= 11 is 0. The average Bonchev–Trinajstić information content (AvgIpc) is 2.85. The normalized spacial score (nSPS) is 15.7. The Morgan fingerprint density at radius 1 is 0.553 bits per heavy atom. The second-order valence-electron chi connectivity index (χ2n) is 11.6. The average molecular weight is 541 g/mol. The van der Waals surface area contributed by atoms with Gasteiger partial charge in [-0.2, -0.15) is 0 Å². The summed E-state index contributed by atoms with van der Waals surface area (Å²) in [5, 5.41) is 28.5. The molecule has 3 unspecified atom stereocenters. The SMILES string of the molecule is CCCCCCCCCCCC/C=C/CCCCC[N+](CC(C)C(=O)O)(CC(C)C(=O)O)CC(C)C(=O)O. The molecule has 0 aromatic carbocycles. The van der Waals surface area contributed by atoms with Crippen molar-refractivity contribution in [2.75, 3.05) is 26.2 Å². The highest BCUT2D eigenvalue weighted by molar-refractivity contribution is 5.70. The minimum absolute atomic E-state index is 0.211. The molecule has 0 aromatic rings. The number of allylic oxidation sites excluding steroid dienone is 2. The molecule has 0 spiro atoms. The van der Waals surface area contributed by atoms with Crippen molar-refractivity contribution < 1.29 is 34.2 Å². The zero-order valence-electron chi connectivity index (χ0n) is 24.8. The molecule has 7 heteroatoms. The van der Waals surface area contributed by atoms with E-state index in [0.717, 1.165) is 32.1 Å². The second kappa shape index (κ2) is 22.0. The van der Waals surface area contributed by atoms with E-state index in [2.05, 4.69) is 19.1 Å². The van der Waals surface area contributed by atoms with Crippen LogP contribution in [0.1, 0.15) is 124 Å². The topological polar surface area (TPSA) is 112 Å². The highest BCUT2D eigenvalue weighted by Gasteiger charge is 2.38. The van der Waals surface area contributed by atoms with E-state index < -0.39 is 35.7 Å². The first-order valence-corrected chi connectivity index (χ1v) is 15.2. The van der Waals surface area contributed by atoms with Crippen molar-refractivity contribution in [3.8, 4) is 0 Å². The molecule has 0 rings (SSSR count). The second-order valence-corrected chi connectivity index (χ2v) is 11.6. The summed E-state index contributed by atoms with van der Waals surface area (Å²) in [4.78, 5) is 34.8. The first-order chi connectivity index (χ1) is 18.0. The predicted octanol–water partition coefficient (Wildman–Crippen LogP) is 7.39. The number of quaternary nitrogens is 1. The van der Waals surface area contributed by atoms with Crippen LogP contribution in [0.3, 0.4) is 0 Å². The van der Waals surface area contributed by atoms with E-state index >= 15 is 0 Å². The molecule has 0 aliphatic carbocycles. The summed E-state index contributed by atoms with van der Waals surface area (Å²) in [6.07, 6.45) is 22.9. The lowest BCUT2D eigenvalue weighted by Gasteiger charge is -2.42. The molecule has 0 saturated carbocycles. The van der Waals surface area contributed by atoms with E-state index in [1.54, 1.807) is 20.8 Å². The van der Waals surface area contributed by atoms with Crippen LogP contribution in [-0.2, 0) is 14.4 Å². The monoisotopic (exact) mass is 540 g/mol. The summed E-state index contributed by atoms with van der Waals surface area (Å²) in [6.45, 7) is 8.42. The Balaban J connectivity index is 4.50. The van der Waals surface area contributed by atoms with Gasteiger partial charge >= 0.3 is 17.9 Å². The number of aliphatic carboxylic acids is 3. The van der Waals surface area contributed by atoms with Gasteiger partial charge in [0.05, 0.1) is 26.2 Å². The summed E-state index contributed by atoms with van der Waals surface area (Å²) in [5.41, 5.74) is 0. The molecular weight excluding hydrogens is 482 g/mol. The predicted molar refractivity (Wildman–Crippen MR) is 154 cm³/mol. The van der Waals surface area contributed by atoms with Crippen molar-refractivity contribution >= 4 is 17.9 Å². The third kappa shape index (κ3) is 18.4. The van der Waals surface area contributed by atoms with Crippen LogP contribution in [0, 0.1) is 17.8 Å². The summed E-state index contributed by atoms with van der Waals surface area (Å²) in [6, 6.07) is 0. The maximum atomic E-state index is 11.6. The van der Waals surface area contributed by atoms with Crippen LogP contribution in [0.4, 0.5) is 0 Å². The standard InChI is InChI=1S/C31H57NO6/c1-5-6-7-8-9-10-11-12-13-14-15-16-17-18-19-20-21-22-32(23-26(2)29(33)34,24-27(3)30(35)36)25-28(4)31(37)38/h16-17,26-28H,5-15,18-25H2,1-4H3,(H2-,33,34,35,36,37,38)/p+1/b17-16+. The fourth-order valence-electron chi connectivity index (χ4n) is 5.35. The number of hydrogen-bond acceptors (Lipinski definition) is 3. The minimum atomic E-state index is -0.939. The molecule has 0 aliphatic heterocycles. The molecule has 0 amide bonds. The van der Waals surface area contributed by atoms with Gasteiger partial charge in [-0.1, -0.05) is 76.9 Å². The Bertz CT molecular complexity index is 622. The largest absolute Gasteiger partial charge is 0.481 e. The molecule has 38 heavy (non-hydrogen) atoms. The molecule has 0 aliphatic rings. The molecular formula is C31H58NO6+. The molecule has 0 saturated heterocycles. The lowest BCUT2D eigenvalue weighted by molar-refractivity contribution is -0.934. The van der Waals surface area contributed by atoms with Crippen LogP contribution in [0.5, 0.6) is 0 Å². The number of rotatable bonds is 26. The highest BCUT2D eigenvalue weighted by atomic mass is 16.4. The van der Waals surface area contributed by atoms with Gasteiger partial charge in [-0.15, -0.1) is 0 Å². The molecule has 0 heterocycles. The maximum Gasteiger partial charge on any atom is 0.311 e. The van der Waals surface area contributed by atoms with Crippen LogP contribution in [0.15, 0.2) is 12.2 Å². The van der Waals surface area contributed by atoms with E-state index in [4.69, 9.17) is 0 Å². The molecule has 0 radical (unpaired) electrons. The van der Waals surface area contributed by atoms with Gasteiger partial charge in [0.2, 0.25) is 0 Å². The zero-order valence-corrected chi connectivity index (χ0v) is 24.8. The smallest absolute Gasteiger partial charge is 0.311 e. The molecule has 0 fully saturated rings. The Morgan fingerprint density at radius 3 is 1.21 bits per heavy atom. The number of unbranched alkanes of at least 4 members (excludes halogenated alkanes) is 13. The van der Waals surface area contributed by atoms with Gasteiger partial charge in [0.1, 0.15) is 17.8 Å². The van der Waals surface area contributed by atoms with Crippen molar-refractivity contribution in [1.82, 2.24) is 0 Å². The van der Waals surface area contributed by atoms with E-state index in [1.165, 1.54) is 64.2 Å². The Kier molecular flexibility index (Phi) is 20.9. The van der Waals surface area contributed by atoms with Gasteiger partial charge in [-0.3, -0.25) is 14.4 Å². The summed E-state index contributed by atoms with van der Waals surface area (Å²) in [7, 11) is 0. The fourth-order valence-corrected chi connectivity index (χ4v) is 5.35. The number of nitrogens with zero attached hydrogens (tertiary/aromatic N) is 1. The molecule has 222 valence electrons. The third-order valence-corrected chi connectivity index (χ3v) is 7.64. The van der Waals surface area contributed by atoms with Crippen molar-refractivity contribution in [2.45, 2.75) is 124 Å². The van der Waals surface area contributed by atoms with Gasteiger partial charge < -0.3 is 19.8 Å². The summed E-state index contributed by atoms with van der Waals surface area (Å²) < 4.78 is 0.211. The van der Waals surface area contributed by atoms with Gasteiger partial charge in [0.15, 0.2) is 0 Å². The van der Waals surface area contributed by atoms with Crippen LogP contribution < -0.4 is 0 Å².